The second-order valence-corrected chi connectivity index (χ2v) is 5.58. The van der Waals surface area contributed by atoms with Gasteiger partial charge in [0.15, 0.2) is 0 Å². The number of aryl methyl sites for hydroxylation is 1. The zero-order chi connectivity index (χ0) is 17.0. The molecule has 1 N–H and O–H groups in total. The summed E-state index contributed by atoms with van der Waals surface area (Å²) < 4.78 is 6.81. The van der Waals surface area contributed by atoms with Gasteiger partial charge in [-0.1, -0.05) is 11.6 Å². The van der Waals surface area contributed by atoms with E-state index in [1.54, 1.807) is 48.7 Å². The number of carbonyl (C=O) groups is 2. The number of hydrogen-bond acceptors (Lipinski definition) is 3. The largest absolute Gasteiger partial charge is 0.462 e. The molecule has 0 aliphatic heterocycles. The summed E-state index contributed by atoms with van der Waals surface area (Å²) in [6, 6.07) is 8.63. The van der Waals surface area contributed by atoms with Crippen molar-refractivity contribution in [2.24, 2.45) is 0 Å². The van der Waals surface area contributed by atoms with Crippen molar-refractivity contribution in [2.75, 3.05) is 11.9 Å². The van der Waals surface area contributed by atoms with E-state index in [0.29, 0.717) is 28.6 Å². The fourth-order valence-corrected chi connectivity index (χ4v) is 2.46. The molecule has 1 heterocycles. The summed E-state index contributed by atoms with van der Waals surface area (Å²) in [5, 5.41) is 3.41. The van der Waals surface area contributed by atoms with Crippen molar-refractivity contribution in [3.05, 3.63) is 52.3 Å². The third-order valence-corrected chi connectivity index (χ3v) is 3.75. The minimum Gasteiger partial charge on any atom is -0.462 e. The zero-order valence-electron chi connectivity index (χ0n) is 13.4. The Kier molecular flexibility index (Phi) is 5.45. The van der Waals surface area contributed by atoms with Crippen LogP contribution in [0.2, 0.25) is 5.02 Å². The van der Waals surface area contributed by atoms with E-state index in [4.69, 9.17) is 16.3 Å². The number of amides is 1. The molecule has 23 heavy (non-hydrogen) atoms. The van der Waals surface area contributed by atoms with Gasteiger partial charge in [-0.05, 0) is 51.1 Å². The summed E-state index contributed by atoms with van der Waals surface area (Å²) in [5.41, 5.74) is 2.71. The van der Waals surface area contributed by atoms with Gasteiger partial charge in [-0.2, -0.15) is 0 Å². The number of nitrogens with zero attached hydrogens (tertiary/aromatic N) is 1. The first-order chi connectivity index (χ1) is 10.9. The SMILES string of the molecule is CCOC(=O)c1cc(C)n(CC(=O)Nc2ccc(Cl)cc2)c1C. The maximum absolute atomic E-state index is 12.2. The highest BCUT2D eigenvalue weighted by atomic mass is 35.5. The van der Waals surface area contributed by atoms with Crippen LogP contribution in [-0.2, 0) is 16.1 Å². The summed E-state index contributed by atoms with van der Waals surface area (Å²) >= 11 is 5.82. The van der Waals surface area contributed by atoms with Gasteiger partial charge in [0.25, 0.3) is 0 Å². The first-order valence-corrected chi connectivity index (χ1v) is 7.69. The number of ether oxygens (including phenoxy) is 1. The van der Waals surface area contributed by atoms with Gasteiger partial charge in [0.1, 0.15) is 6.54 Å². The van der Waals surface area contributed by atoms with Crippen LogP contribution in [0.1, 0.15) is 28.7 Å². The third-order valence-electron chi connectivity index (χ3n) is 3.50. The predicted octanol–water partition coefficient (Wildman–Crippen LogP) is 3.57. The Morgan fingerprint density at radius 1 is 1.22 bits per heavy atom. The Balaban J connectivity index is 2.11. The van der Waals surface area contributed by atoms with Gasteiger partial charge in [0.2, 0.25) is 5.91 Å². The van der Waals surface area contributed by atoms with E-state index in [1.165, 1.54) is 0 Å². The first-order valence-electron chi connectivity index (χ1n) is 7.31. The lowest BCUT2D eigenvalue weighted by atomic mass is 10.2. The van der Waals surface area contributed by atoms with Crippen LogP contribution in [0.25, 0.3) is 0 Å². The number of rotatable bonds is 5. The van der Waals surface area contributed by atoms with Crippen LogP contribution >= 0.6 is 11.6 Å². The monoisotopic (exact) mass is 334 g/mol. The molecule has 0 spiro atoms. The molecule has 0 aliphatic rings. The van der Waals surface area contributed by atoms with E-state index in [2.05, 4.69) is 5.32 Å². The van der Waals surface area contributed by atoms with Crippen molar-refractivity contribution < 1.29 is 14.3 Å². The Morgan fingerprint density at radius 3 is 2.48 bits per heavy atom. The Morgan fingerprint density at radius 2 is 1.87 bits per heavy atom. The van der Waals surface area contributed by atoms with Crippen LogP contribution < -0.4 is 5.32 Å². The van der Waals surface area contributed by atoms with Crippen LogP contribution in [0.3, 0.4) is 0 Å². The molecule has 6 heteroatoms. The topological polar surface area (TPSA) is 60.3 Å². The van der Waals surface area contributed by atoms with Crippen molar-refractivity contribution in [1.29, 1.82) is 0 Å². The number of esters is 1. The van der Waals surface area contributed by atoms with Crippen molar-refractivity contribution in [1.82, 2.24) is 4.57 Å². The third kappa shape index (κ3) is 4.13. The molecule has 1 amide bonds. The molecule has 0 fully saturated rings. The summed E-state index contributed by atoms with van der Waals surface area (Å²) in [5.74, 6) is -0.547. The standard InChI is InChI=1S/C17H19ClN2O3/c1-4-23-17(22)15-9-11(2)20(12(15)3)10-16(21)19-14-7-5-13(18)6-8-14/h5-9H,4,10H2,1-3H3,(H,19,21). The molecule has 0 radical (unpaired) electrons. The van der Waals surface area contributed by atoms with Crippen molar-refractivity contribution in [3.63, 3.8) is 0 Å². The fourth-order valence-electron chi connectivity index (χ4n) is 2.34. The van der Waals surface area contributed by atoms with E-state index in [1.807, 2.05) is 6.92 Å². The van der Waals surface area contributed by atoms with Gasteiger partial charge in [0.05, 0.1) is 12.2 Å². The normalized spacial score (nSPS) is 10.4. The molecule has 0 saturated carbocycles. The number of carbonyl (C=O) groups excluding carboxylic acids is 2. The van der Waals surface area contributed by atoms with E-state index in [-0.39, 0.29) is 18.4 Å². The van der Waals surface area contributed by atoms with Crippen LogP contribution in [0.5, 0.6) is 0 Å². The summed E-state index contributed by atoms with van der Waals surface area (Å²) in [4.78, 5) is 24.1. The maximum Gasteiger partial charge on any atom is 0.339 e. The van der Waals surface area contributed by atoms with Crippen LogP contribution in [0.15, 0.2) is 30.3 Å². The highest BCUT2D eigenvalue weighted by Gasteiger charge is 2.18. The van der Waals surface area contributed by atoms with Crippen LogP contribution in [0.4, 0.5) is 5.69 Å². The van der Waals surface area contributed by atoms with Gasteiger partial charge >= 0.3 is 5.97 Å². The fraction of sp³-hybridized carbons (Fsp3) is 0.294. The molecule has 0 aliphatic carbocycles. The molecule has 1 aromatic carbocycles. The Bertz CT molecular complexity index is 720. The number of halogens is 1. The summed E-state index contributed by atoms with van der Waals surface area (Å²) in [6.45, 7) is 5.86. The molecule has 0 bridgehead atoms. The average molecular weight is 335 g/mol. The molecule has 122 valence electrons. The molecule has 0 saturated heterocycles. The second kappa shape index (κ2) is 7.33. The summed E-state index contributed by atoms with van der Waals surface area (Å²) in [6.07, 6.45) is 0. The van der Waals surface area contributed by atoms with Gasteiger partial charge < -0.3 is 14.6 Å². The highest BCUT2D eigenvalue weighted by Crippen LogP contribution is 2.17. The minimum absolute atomic E-state index is 0.125. The molecule has 0 atom stereocenters. The van der Waals surface area contributed by atoms with Crippen molar-refractivity contribution in [2.45, 2.75) is 27.3 Å². The van der Waals surface area contributed by atoms with Gasteiger partial charge in [-0.3, -0.25) is 4.79 Å². The van der Waals surface area contributed by atoms with E-state index in [0.717, 1.165) is 5.69 Å². The molecule has 0 unspecified atom stereocenters. The van der Waals surface area contributed by atoms with E-state index < -0.39 is 0 Å². The van der Waals surface area contributed by atoms with E-state index >= 15 is 0 Å². The first kappa shape index (κ1) is 17.1. The van der Waals surface area contributed by atoms with Crippen molar-refractivity contribution >= 4 is 29.2 Å². The Hall–Kier alpha value is -2.27. The molecule has 5 nitrogen and oxygen atoms in total. The summed E-state index contributed by atoms with van der Waals surface area (Å²) in [7, 11) is 0. The number of nitrogens with one attached hydrogen (secondary N) is 1. The number of benzene rings is 1. The lowest BCUT2D eigenvalue weighted by molar-refractivity contribution is -0.116. The Labute approximate surface area is 140 Å². The van der Waals surface area contributed by atoms with Gasteiger partial charge in [-0.15, -0.1) is 0 Å². The lowest BCUT2D eigenvalue weighted by Gasteiger charge is -2.10. The predicted molar refractivity (Wildman–Crippen MR) is 89.9 cm³/mol. The minimum atomic E-state index is -0.370. The van der Waals surface area contributed by atoms with Crippen molar-refractivity contribution in [3.8, 4) is 0 Å². The van der Waals surface area contributed by atoms with Crippen LogP contribution in [-0.4, -0.2) is 23.1 Å². The number of aromatic nitrogens is 1. The van der Waals surface area contributed by atoms with Gasteiger partial charge in [0, 0.05) is 22.1 Å². The van der Waals surface area contributed by atoms with Gasteiger partial charge in [-0.25, -0.2) is 4.79 Å². The highest BCUT2D eigenvalue weighted by molar-refractivity contribution is 6.30. The number of hydrogen-bond donors (Lipinski definition) is 1. The molecular formula is C17H19ClN2O3. The maximum atomic E-state index is 12.2. The lowest BCUT2D eigenvalue weighted by Crippen LogP contribution is -2.20. The smallest absolute Gasteiger partial charge is 0.339 e. The average Bonchev–Trinajstić information content (AvgIpc) is 2.78. The molecular weight excluding hydrogens is 316 g/mol. The zero-order valence-corrected chi connectivity index (χ0v) is 14.1. The van der Waals surface area contributed by atoms with E-state index in [9.17, 15) is 9.59 Å². The number of anilines is 1. The van der Waals surface area contributed by atoms with Crippen LogP contribution in [0, 0.1) is 13.8 Å². The molecule has 2 rings (SSSR count). The molecule has 2 aromatic rings. The second-order valence-electron chi connectivity index (χ2n) is 5.15. The quantitative estimate of drug-likeness (QED) is 0.850. The molecule has 1 aromatic heterocycles.